The summed E-state index contributed by atoms with van der Waals surface area (Å²) >= 11 is 0. The molecule has 1 aliphatic heterocycles. The molecule has 0 fully saturated rings. The van der Waals surface area contributed by atoms with Crippen LogP contribution in [0.1, 0.15) is 5.56 Å². The van der Waals surface area contributed by atoms with Crippen LogP contribution in [-0.2, 0) is 0 Å². The third-order valence-electron chi connectivity index (χ3n) is 1.32. The van der Waals surface area contributed by atoms with Gasteiger partial charge < -0.3 is 0 Å². The van der Waals surface area contributed by atoms with Crippen LogP contribution in [0.5, 0.6) is 0 Å². The molecule has 0 aliphatic carbocycles. The maximum absolute atomic E-state index is 3.01. The standard InChI is InChI=1S/C8H5S3/c1-2-4-7(5-3-1)8-6-9-11-10-8/h2-6H. The van der Waals surface area contributed by atoms with Crippen LogP contribution in [0, 0.1) is 6.07 Å². The van der Waals surface area contributed by atoms with Crippen LogP contribution in [0.3, 0.4) is 0 Å². The largest absolute Gasteiger partial charge is 0.0537 e. The SMILES string of the molecule is [c]1ccc(C2=CSSS2)cc1. The van der Waals surface area contributed by atoms with Crippen molar-refractivity contribution >= 4 is 36.3 Å². The second kappa shape index (κ2) is 3.61. The maximum atomic E-state index is 3.01. The summed E-state index contributed by atoms with van der Waals surface area (Å²) in [5.41, 5.74) is 1.30. The van der Waals surface area contributed by atoms with Crippen LogP contribution in [0.2, 0.25) is 0 Å². The highest BCUT2D eigenvalue weighted by atomic mass is 33.5. The summed E-state index contributed by atoms with van der Waals surface area (Å²) in [7, 11) is 5.41. The van der Waals surface area contributed by atoms with E-state index in [1.165, 1.54) is 10.5 Å². The van der Waals surface area contributed by atoms with Gasteiger partial charge in [-0.15, -0.1) is 0 Å². The molecule has 0 saturated carbocycles. The van der Waals surface area contributed by atoms with Crippen molar-refractivity contribution in [3.8, 4) is 0 Å². The first-order valence-corrected chi connectivity index (χ1v) is 6.68. The minimum atomic E-state index is 1.30. The first-order valence-electron chi connectivity index (χ1n) is 3.13. The van der Waals surface area contributed by atoms with Gasteiger partial charge in [0, 0.05) is 4.91 Å². The van der Waals surface area contributed by atoms with Crippen molar-refractivity contribution < 1.29 is 0 Å². The first-order chi connectivity index (χ1) is 5.47. The summed E-state index contributed by atoms with van der Waals surface area (Å²) in [6.07, 6.45) is 0. The molecule has 11 heavy (non-hydrogen) atoms. The molecule has 0 amide bonds. The molecule has 0 N–H and O–H groups in total. The minimum absolute atomic E-state index is 1.30. The van der Waals surface area contributed by atoms with E-state index in [1.54, 1.807) is 10.8 Å². The normalized spacial score (nSPS) is 16.5. The quantitative estimate of drug-likeness (QED) is 0.628. The highest BCUT2D eigenvalue weighted by Gasteiger charge is 2.07. The van der Waals surface area contributed by atoms with Crippen molar-refractivity contribution in [3.63, 3.8) is 0 Å². The Kier molecular flexibility index (Phi) is 2.51. The second-order valence-corrected chi connectivity index (χ2v) is 5.90. The van der Waals surface area contributed by atoms with Gasteiger partial charge in [0.15, 0.2) is 0 Å². The van der Waals surface area contributed by atoms with Gasteiger partial charge in [0.05, 0.1) is 0 Å². The number of benzene rings is 1. The Morgan fingerprint density at radius 2 is 2.00 bits per heavy atom. The lowest BCUT2D eigenvalue weighted by atomic mass is 10.2. The smallest absolute Gasteiger partial charge is 0.0335 e. The van der Waals surface area contributed by atoms with Crippen LogP contribution >= 0.6 is 31.4 Å². The van der Waals surface area contributed by atoms with Crippen molar-refractivity contribution in [3.05, 3.63) is 41.3 Å². The van der Waals surface area contributed by atoms with Crippen LogP contribution in [0.15, 0.2) is 29.7 Å². The summed E-state index contributed by atoms with van der Waals surface area (Å²) in [6, 6.07) is 11.1. The van der Waals surface area contributed by atoms with Gasteiger partial charge in [-0.1, -0.05) is 35.1 Å². The Labute approximate surface area is 77.6 Å². The van der Waals surface area contributed by atoms with Gasteiger partial charge in [-0.25, -0.2) is 0 Å². The van der Waals surface area contributed by atoms with Crippen molar-refractivity contribution in [2.75, 3.05) is 0 Å². The fourth-order valence-corrected chi connectivity index (χ4v) is 4.65. The zero-order valence-corrected chi connectivity index (χ0v) is 8.06. The molecular weight excluding hydrogens is 192 g/mol. The Bertz CT molecular complexity index is 266. The molecule has 55 valence electrons. The molecule has 0 atom stereocenters. The fraction of sp³-hybridized carbons (Fsp3) is 0. The highest BCUT2D eigenvalue weighted by molar-refractivity contribution is 9.13. The predicted molar refractivity (Wildman–Crippen MR) is 56.0 cm³/mol. The van der Waals surface area contributed by atoms with Crippen LogP contribution in [0.4, 0.5) is 0 Å². The van der Waals surface area contributed by atoms with E-state index in [1.807, 2.05) is 32.8 Å². The van der Waals surface area contributed by atoms with Crippen LogP contribution in [-0.4, -0.2) is 0 Å². The third-order valence-corrected chi connectivity index (χ3v) is 5.07. The van der Waals surface area contributed by atoms with Gasteiger partial charge in [0.2, 0.25) is 0 Å². The van der Waals surface area contributed by atoms with Gasteiger partial charge >= 0.3 is 0 Å². The molecule has 0 aromatic heterocycles. The van der Waals surface area contributed by atoms with Gasteiger partial charge in [-0.05, 0) is 37.7 Å². The highest BCUT2D eigenvalue weighted by Crippen LogP contribution is 2.52. The van der Waals surface area contributed by atoms with Crippen molar-refractivity contribution in [2.24, 2.45) is 0 Å². The van der Waals surface area contributed by atoms with Gasteiger partial charge in [0.1, 0.15) is 0 Å². The number of rotatable bonds is 1. The van der Waals surface area contributed by atoms with Gasteiger partial charge in [0.25, 0.3) is 0 Å². The second-order valence-electron chi connectivity index (χ2n) is 2.02. The Morgan fingerprint density at radius 3 is 2.64 bits per heavy atom. The molecule has 0 bridgehead atoms. The van der Waals surface area contributed by atoms with Crippen molar-refractivity contribution in [1.29, 1.82) is 0 Å². The van der Waals surface area contributed by atoms with Crippen LogP contribution < -0.4 is 0 Å². The van der Waals surface area contributed by atoms with E-state index in [-0.39, 0.29) is 0 Å². The lowest BCUT2D eigenvalue weighted by Crippen LogP contribution is -1.72. The Balaban J connectivity index is 2.29. The van der Waals surface area contributed by atoms with E-state index in [9.17, 15) is 0 Å². The zero-order chi connectivity index (χ0) is 7.52. The summed E-state index contributed by atoms with van der Waals surface area (Å²) in [5.74, 6) is 0. The lowest BCUT2D eigenvalue weighted by Gasteiger charge is -1.96. The molecule has 1 aliphatic rings. The topological polar surface area (TPSA) is 0 Å². The molecule has 0 saturated heterocycles. The first kappa shape index (κ1) is 7.65. The minimum Gasteiger partial charge on any atom is -0.0537 e. The van der Waals surface area contributed by atoms with Crippen LogP contribution in [0.25, 0.3) is 4.91 Å². The third kappa shape index (κ3) is 1.78. The molecule has 2 rings (SSSR count). The Hall–Kier alpha value is 0.01000. The Morgan fingerprint density at radius 1 is 1.18 bits per heavy atom. The molecule has 0 nitrogen and oxygen atoms in total. The summed E-state index contributed by atoms with van der Waals surface area (Å²) in [5, 5.41) is 2.19. The monoisotopic (exact) mass is 197 g/mol. The average Bonchev–Trinajstić information content (AvgIpc) is 2.58. The summed E-state index contributed by atoms with van der Waals surface area (Å²) < 4.78 is 0. The molecular formula is C8H5S3. The fourth-order valence-electron chi connectivity index (χ4n) is 0.807. The lowest BCUT2D eigenvalue weighted by molar-refractivity contribution is 1.64. The predicted octanol–water partition coefficient (Wildman–Crippen LogP) is 3.83. The molecule has 1 radical (unpaired) electrons. The molecule has 1 aromatic rings. The zero-order valence-electron chi connectivity index (χ0n) is 5.61. The average molecular weight is 197 g/mol. The van der Waals surface area contributed by atoms with Gasteiger partial charge in [-0.2, -0.15) is 0 Å². The number of hydrogen-bond acceptors (Lipinski definition) is 3. The van der Waals surface area contributed by atoms with Gasteiger partial charge in [-0.3, -0.25) is 0 Å². The maximum Gasteiger partial charge on any atom is 0.0335 e. The summed E-state index contributed by atoms with van der Waals surface area (Å²) in [4.78, 5) is 1.36. The molecule has 0 spiro atoms. The molecule has 1 aromatic carbocycles. The van der Waals surface area contributed by atoms with E-state index < -0.39 is 0 Å². The molecule has 3 heteroatoms. The molecule has 0 unspecified atom stereocenters. The van der Waals surface area contributed by atoms with E-state index in [0.29, 0.717) is 0 Å². The van der Waals surface area contributed by atoms with E-state index in [2.05, 4.69) is 23.6 Å². The summed E-state index contributed by atoms with van der Waals surface area (Å²) in [6.45, 7) is 0. The van der Waals surface area contributed by atoms with Crippen molar-refractivity contribution in [1.82, 2.24) is 0 Å². The molecule has 1 heterocycles. The van der Waals surface area contributed by atoms with Crippen molar-refractivity contribution in [2.45, 2.75) is 0 Å². The van der Waals surface area contributed by atoms with E-state index in [0.717, 1.165) is 0 Å². The van der Waals surface area contributed by atoms with E-state index in [4.69, 9.17) is 0 Å². The number of hydrogen-bond donors (Lipinski definition) is 0. The van der Waals surface area contributed by atoms with E-state index >= 15 is 0 Å².